The lowest BCUT2D eigenvalue weighted by Gasteiger charge is -2.39. The van der Waals surface area contributed by atoms with Crippen LogP contribution in [-0.2, 0) is 4.79 Å². The second kappa shape index (κ2) is 7.88. The summed E-state index contributed by atoms with van der Waals surface area (Å²) in [6.45, 7) is 0. The van der Waals surface area contributed by atoms with E-state index in [9.17, 15) is 18.4 Å². The molecule has 0 saturated carbocycles. The maximum absolute atomic E-state index is 13.5. The molecule has 0 aromatic heterocycles. The molecule has 4 rings (SSSR count). The number of anilines is 1. The summed E-state index contributed by atoms with van der Waals surface area (Å²) in [5.41, 5.74) is 1.86. The Kier molecular flexibility index (Phi) is 5.26. The Morgan fingerprint density at radius 2 is 1.67 bits per heavy atom. The molecule has 2 atom stereocenters. The lowest BCUT2D eigenvalue weighted by Crippen LogP contribution is -2.44. The number of likely N-dealkylation sites (N-methyl/N-ethyl adjacent to an activating group) is 1. The van der Waals surface area contributed by atoms with Gasteiger partial charge in [-0.05, 0) is 47.5 Å². The Hall–Kier alpha value is -3.25. The highest BCUT2D eigenvalue weighted by Gasteiger charge is 2.42. The third-order valence-electron chi connectivity index (χ3n) is 5.26. The van der Waals surface area contributed by atoms with Crippen molar-refractivity contribution >= 4 is 29.1 Å². The lowest BCUT2D eigenvalue weighted by atomic mass is 9.79. The zero-order chi connectivity index (χ0) is 21.4. The molecule has 0 radical (unpaired) electrons. The van der Waals surface area contributed by atoms with Crippen molar-refractivity contribution in [3.8, 4) is 0 Å². The molecule has 0 saturated heterocycles. The van der Waals surface area contributed by atoms with Crippen molar-refractivity contribution in [3.05, 3.63) is 100 Å². The molecule has 0 spiro atoms. The Labute approximate surface area is 177 Å². The molecule has 0 fully saturated rings. The van der Waals surface area contributed by atoms with Crippen molar-refractivity contribution in [2.75, 3.05) is 12.4 Å². The van der Waals surface area contributed by atoms with Crippen LogP contribution in [0.3, 0.4) is 0 Å². The monoisotopic (exact) mass is 426 g/mol. The van der Waals surface area contributed by atoms with Crippen molar-refractivity contribution < 1.29 is 18.4 Å². The number of hydrogen-bond acceptors (Lipinski definition) is 2. The van der Waals surface area contributed by atoms with E-state index in [0.29, 0.717) is 16.7 Å². The average molecular weight is 427 g/mol. The fourth-order valence-corrected chi connectivity index (χ4v) is 4.05. The first-order valence-corrected chi connectivity index (χ1v) is 9.62. The molecule has 3 aromatic rings. The van der Waals surface area contributed by atoms with Crippen LogP contribution in [0.2, 0.25) is 5.02 Å². The molecule has 0 aliphatic carbocycles. The maximum atomic E-state index is 13.5. The Morgan fingerprint density at radius 1 is 1.00 bits per heavy atom. The summed E-state index contributed by atoms with van der Waals surface area (Å²) in [6.07, 6.45) is 0. The first-order chi connectivity index (χ1) is 14.4. The van der Waals surface area contributed by atoms with Crippen molar-refractivity contribution in [2.45, 2.75) is 12.0 Å². The average Bonchev–Trinajstić information content (AvgIpc) is 2.73. The summed E-state index contributed by atoms with van der Waals surface area (Å²) in [6, 6.07) is 15.6. The van der Waals surface area contributed by atoms with Gasteiger partial charge >= 0.3 is 0 Å². The van der Waals surface area contributed by atoms with Crippen LogP contribution in [0.15, 0.2) is 66.7 Å². The van der Waals surface area contributed by atoms with Crippen LogP contribution in [0.25, 0.3) is 0 Å². The third kappa shape index (κ3) is 3.55. The van der Waals surface area contributed by atoms with Gasteiger partial charge in [0.05, 0.1) is 22.7 Å². The standard InChI is InChI=1S/C23H17ClF2N2O2/c1-28-21(13-6-8-14(25)9-7-13)20(16-4-2-3-5-17(16)23(28)30)22(29)27-19-11-10-15(26)12-18(19)24/h2-12,20-21H,1H3,(H,27,29)/t20-,21+/m1/s1. The second-order valence-corrected chi connectivity index (χ2v) is 7.50. The minimum absolute atomic E-state index is 0.0650. The molecule has 30 heavy (non-hydrogen) atoms. The number of hydrogen-bond donors (Lipinski definition) is 1. The summed E-state index contributed by atoms with van der Waals surface area (Å²) in [7, 11) is 1.61. The highest BCUT2D eigenvalue weighted by atomic mass is 35.5. The zero-order valence-electron chi connectivity index (χ0n) is 15.9. The van der Waals surface area contributed by atoms with Crippen LogP contribution in [0, 0.1) is 11.6 Å². The molecule has 1 N–H and O–H groups in total. The molecule has 152 valence electrons. The minimum atomic E-state index is -0.782. The lowest BCUT2D eigenvalue weighted by molar-refractivity contribution is -0.119. The van der Waals surface area contributed by atoms with Gasteiger partial charge in [-0.25, -0.2) is 8.78 Å². The molecule has 4 nitrogen and oxygen atoms in total. The van der Waals surface area contributed by atoms with Crippen LogP contribution in [0.4, 0.5) is 14.5 Å². The topological polar surface area (TPSA) is 49.4 Å². The number of carbonyl (C=O) groups excluding carboxylic acids is 2. The van der Waals surface area contributed by atoms with E-state index >= 15 is 0 Å². The smallest absolute Gasteiger partial charge is 0.254 e. The minimum Gasteiger partial charge on any atom is -0.334 e. The van der Waals surface area contributed by atoms with Gasteiger partial charge in [0.15, 0.2) is 0 Å². The van der Waals surface area contributed by atoms with E-state index in [1.807, 2.05) is 0 Å². The number of nitrogens with zero attached hydrogens (tertiary/aromatic N) is 1. The van der Waals surface area contributed by atoms with Crippen molar-refractivity contribution in [3.63, 3.8) is 0 Å². The Morgan fingerprint density at radius 3 is 2.37 bits per heavy atom. The van der Waals surface area contributed by atoms with Gasteiger partial charge in [0.25, 0.3) is 5.91 Å². The molecule has 7 heteroatoms. The highest BCUT2D eigenvalue weighted by molar-refractivity contribution is 6.33. The number of benzene rings is 3. The van der Waals surface area contributed by atoms with E-state index in [0.717, 1.165) is 6.07 Å². The van der Waals surface area contributed by atoms with Crippen molar-refractivity contribution in [1.29, 1.82) is 0 Å². The van der Waals surface area contributed by atoms with Crippen LogP contribution in [0.5, 0.6) is 0 Å². The predicted octanol–water partition coefficient (Wildman–Crippen LogP) is 5.17. The van der Waals surface area contributed by atoms with Crippen LogP contribution < -0.4 is 5.32 Å². The summed E-state index contributed by atoms with van der Waals surface area (Å²) < 4.78 is 26.9. The number of carbonyl (C=O) groups is 2. The molecule has 3 aromatic carbocycles. The Balaban J connectivity index is 1.81. The van der Waals surface area contributed by atoms with Crippen LogP contribution >= 0.6 is 11.6 Å². The maximum Gasteiger partial charge on any atom is 0.254 e. The molecule has 1 heterocycles. The second-order valence-electron chi connectivity index (χ2n) is 7.09. The van der Waals surface area contributed by atoms with Gasteiger partial charge < -0.3 is 10.2 Å². The van der Waals surface area contributed by atoms with Gasteiger partial charge in [-0.15, -0.1) is 0 Å². The van der Waals surface area contributed by atoms with Gasteiger partial charge in [0.1, 0.15) is 11.6 Å². The third-order valence-corrected chi connectivity index (χ3v) is 5.58. The number of rotatable bonds is 3. The fourth-order valence-electron chi connectivity index (χ4n) is 3.83. The van der Waals surface area contributed by atoms with Crippen LogP contribution in [0.1, 0.15) is 33.4 Å². The number of fused-ring (bicyclic) bond motifs is 1. The first-order valence-electron chi connectivity index (χ1n) is 9.24. The fraction of sp³-hybridized carbons (Fsp3) is 0.130. The largest absolute Gasteiger partial charge is 0.334 e. The molecular formula is C23H17ClF2N2O2. The van der Waals surface area contributed by atoms with E-state index in [1.54, 1.807) is 43.4 Å². The zero-order valence-corrected chi connectivity index (χ0v) is 16.7. The van der Waals surface area contributed by atoms with Crippen molar-refractivity contribution in [2.24, 2.45) is 0 Å². The van der Waals surface area contributed by atoms with Gasteiger partial charge in [0, 0.05) is 12.6 Å². The SMILES string of the molecule is CN1C(=O)c2ccccc2[C@@H](C(=O)Nc2ccc(F)cc2Cl)[C@@H]1c1ccc(F)cc1. The van der Waals surface area contributed by atoms with E-state index < -0.39 is 29.5 Å². The van der Waals surface area contributed by atoms with E-state index in [-0.39, 0.29) is 16.6 Å². The van der Waals surface area contributed by atoms with Gasteiger partial charge in [-0.2, -0.15) is 0 Å². The van der Waals surface area contributed by atoms with Crippen molar-refractivity contribution in [1.82, 2.24) is 4.90 Å². The van der Waals surface area contributed by atoms with Gasteiger partial charge in [0.2, 0.25) is 5.91 Å². The molecular weight excluding hydrogens is 410 g/mol. The van der Waals surface area contributed by atoms with Crippen LogP contribution in [-0.4, -0.2) is 23.8 Å². The number of halogens is 3. The predicted molar refractivity (Wildman–Crippen MR) is 110 cm³/mol. The number of amides is 2. The van der Waals surface area contributed by atoms with Gasteiger partial charge in [-0.1, -0.05) is 41.9 Å². The summed E-state index contributed by atoms with van der Waals surface area (Å²) in [5, 5.41) is 2.81. The van der Waals surface area contributed by atoms with E-state index in [1.165, 1.54) is 29.2 Å². The summed E-state index contributed by atoms with van der Waals surface area (Å²) >= 11 is 6.07. The Bertz CT molecular complexity index is 1130. The normalized spacial score (nSPS) is 18.1. The van der Waals surface area contributed by atoms with Gasteiger partial charge in [-0.3, -0.25) is 9.59 Å². The van der Waals surface area contributed by atoms with E-state index in [4.69, 9.17) is 11.6 Å². The highest BCUT2D eigenvalue weighted by Crippen LogP contribution is 2.42. The molecule has 1 aliphatic heterocycles. The first kappa shape index (κ1) is 20.0. The molecule has 0 unspecified atom stereocenters. The molecule has 1 aliphatic rings. The van der Waals surface area contributed by atoms with E-state index in [2.05, 4.69) is 5.32 Å². The molecule has 0 bridgehead atoms. The quantitative estimate of drug-likeness (QED) is 0.628. The molecule has 2 amide bonds. The summed E-state index contributed by atoms with van der Waals surface area (Å²) in [4.78, 5) is 27.8. The summed E-state index contributed by atoms with van der Waals surface area (Å²) in [5.74, 6) is -2.36. The number of nitrogens with one attached hydrogen (secondary N) is 1.